The lowest BCUT2D eigenvalue weighted by Crippen LogP contribution is -2.40. The summed E-state index contributed by atoms with van der Waals surface area (Å²) >= 11 is 1.82. The van der Waals surface area contributed by atoms with E-state index in [-0.39, 0.29) is 0 Å². The van der Waals surface area contributed by atoms with Gasteiger partial charge in [0.15, 0.2) is 0 Å². The maximum absolute atomic E-state index is 4.34. The number of hydrogen-bond acceptors (Lipinski definition) is 4. The molecule has 2 heterocycles. The van der Waals surface area contributed by atoms with E-state index in [1.54, 1.807) is 0 Å². The topological polar surface area (TPSA) is 28.2 Å². The van der Waals surface area contributed by atoms with Gasteiger partial charge in [-0.15, -0.1) is 11.3 Å². The molecule has 1 aromatic heterocycles. The molecule has 96 valence electrons. The van der Waals surface area contributed by atoms with Crippen molar-refractivity contribution in [1.29, 1.82) is 0 Å². The first-order valence-electron chi connectivity index (χ1n) is 6.54. The van der Waals surface area contributed by atoms with Crippen molar-refractivity contribution in [2.75, 3.05) is 13.1 Å². The molecule has 1 aromatic rings. The highest BCUT2D eigenvalue weighted by Gasteiger charge is 2.20. The Morgan fingerprint density at radius 3 is 2.94 bits per heavy atom. The van der Waals surface area contributed by atoms with Crippen molar-refractivity contribution < 1.29 is 0 Å². The summed E-state index contributed by atoms with van der Waals surface area (Å²) in [5.74, 6) is 0. The lowest BCUT2D eigenvalue weighted by Gasteiger charge is -2.28. The molecule has 0 spiro atoms. The fourth-order valence-electron chi connectivity index (χ4n) is 2.33. The number of nitrogens with zero attached hydrogens (tertiary/aromatic N) is 2. The largest absolute Gasteiger partial charge is 0.313 e. The van der Waals surface area contributed by atoms with E-state index < -0.39 is 0 Å². The summed E-state index contributed by atoms with van der Waals surface area (Å²) in [4.78, 5) is 8.27. The van der Waals surface area contributed by atoms with E-state index in [1.807, 2.05) is 17.5 Å². The minimum atomic E-state index is 0.597. The van der Waals surface area contributed by atoms with Gasteiger partial charge in [-0.2, -0.15) is 0 Å². The quantitative estimate of drug-likeness (QED) is 0.873. The predicted octanol–water partition coefficient (Wildman–Crippen LogP) is 2.41. The van der Waals surface area contributed by atoms with Gasteiger partial charge in [0, 0.05) is 36.2 Å². The van der Waals surface area contributed by atoms with Crippen molar-refractivity contribution in [3.05, 3.63) is 16.1 Å². The zero-order valence-corrected chi connectivity index (χ0v) is 11.9. The van der Waals surface area contributed by atoms with Crippen LogP contribution in [0.5, 0.6) is 0 Å². The SMILES string of the molecule is Cc1ncc(CN(CC2CCCN2)C(C)C)s1. The van der Waals surface area contributed by atoms with Crippen LogP contribution in [0.1, 0.15) is 36.6 Å². The van der Waals surface area contributed by atoms with Gasteiger partial charge in [0.25, 0.3) is 0 Å². The standard InChI is InChI=1S/C13H23N3S/c1-10(2)16(8-12-5-4-6-14-12)9-13-7-15-11(3)17-13/h7,10,12,14H,4-6,8-9H2,1-3H3. The minimum Gasteiger partial charge on any atom is -0.313 e. The molecular formula is C13H23N3S. The fraction of sp³-hybridized carbons (Fsp3) is 0.769. The Labute approximate surface area is 108 Å². The van der Waals surface area contributed by atoms with Crippen molar-refractivity contribution in [2.45, 2.75) is 52.2 Å². The lowest BCUT2D eigenvalue weighted by atomic mass is 10.2. The van der Waals surface area contributed by atoms with Crippen molar-refractivity contribution in [3.63, 3.8) is 0 Å². The Bertz CT molecular complexity index is 342. The molecule has 0 radical (unpaired) electrons. The summed E-state index contributed by atoms with van der Waals surface area (Å²) in [6.07, 6.45) is 4.68. The number of aryl methyl sites for hydroxylation is 1. The van der Waals surface area contributed by atoms with Crippen molar-refractivity contribution in [2.24, 2.45) is 0 Å². The summed E-state index contributed by atoms with van der Waals surface area (Å²) in [7, 11) is 0. The van der Waals surface area contributed by atoms with Gasteiger partial charge in [-0.3, -0.25) is 4.90 Å². The summed E-state index contributed by atoms with van der Waals surface area (Å²) in [5, 5.41) is 4.75. The van der Waals surface area contributed by atoms with Crippen molar-refractivity contribution in [3.8, 4) is 0 Å². The smallest absolute Gasteiger partial charge is 0.0897 e. The molecule has 0 aromatic carbocycles. The molecule has 1 atom stereocenters. The second-order valence-electron chi connectivity index (χ2n) is 5.16. The molecule has 1 unspecified atom stereocenters. The van der Waals surface area contributed by atoms with Gasteiger partial charge >= 0.3 is 0 Å². The Kier molecular flexibility index (Phi) is 4.54. The molecule has 1 saturated heterocycles. The third-order valence-corrected chi connectivity index (χ3v) is 4.27. The lowest BCUT2D eigenvalue weighted by molar-refractivity contribution is 0.195. The average Bonchev–Trinajstić information content (AvgIpc) is 2.89. The highest BCUT2D eigenvalue weighted by Crippen LogP contribution is 2.17. The molecule has 0 amide bonds. The highest BCUT2D eigenvalue weighted by molar-refractivity contribution is 7.11. The van der Waals surface area contributed by atoms with E-state index in [2.05, 4.69) is 36.0 Å². The first-order valence-corrected chi connectivity index (χ1v) is 7.35. The van der Waals surface area contributed by atoms with E-state index >= 15 is 0 Å². The summed E-state index contributed by atoms with van der Waals surface area (Å²) in [6, 6.07) is 1.28. The Morgan fingerprint density at radius 1 is 1.59 bits per heavy atom. The van der Waals surface area contributed by atoms with Crippen LogP contribution in [0, 0.1) is 6.92 Å². The van der Waals surface area contributed by atoms with Crippen molar-refractivity contribution in [1.82, 2.24) is 15.2 Å². The van der Waals surface area contributed by atoms with Gasteiger partial charge in [-0.1, -0.05) is 0 Å². The normalized spacial score (nSPS) is 20.6. The second-order valence-corrected chi connectivity index (χ2v) is 6.48. The molecule has 1 fully saturated rings. The number of hydrogen-bond donors (Lipinski definition) is 1. The first-order chi connectivity index (χ1) is 8.15. The van der Waals surface area contributed by atoms with Crippen LogP contribution in [0.15, 0.2) is 6.20 Å². The van der Waals surface area contributed by atoms with E-state index in [4.69, 9.17) is 0 Å². The zero-order valence-electron chi connectivity index (χ0n) is 11.1. The zero-order chi connectivity index (χ0) is 12.3. The maximum atomic E-state index is 4.34. The molecule has 1 aliphatic heterocycles. The molecule has 2 rings (SSSR count). The van der Waals surface area contributed by atoms with Gasteiger partial charge in [-0.05, 0) is 40.2 Å². The number of nitrogens with one attached hydrogen (secondary N) is 1. The van der Waals surface area contributed by atoms with E-state index in [1.165, 1.54) is 29.3 Å². The molecule has 3 nitrogen and oxygen atoms in total. The number of thiazole rings is 1. The van der Waals surface area contributed by atoms with Crippen LogP contribution >= 0.6 is 11.3 Å². The van der Waals surface area contributed by atoms with Crippen LogP contribution in [0.3, 0.4) is 0 Å². The number of aromatic nitrogens is 1. The molecular weight excluding hydrogens is 230 g/mol. The third-order valence-electron chi connectivity index (χ3n) is 3.38. The van der Waals surface area contributed by atoms with Gasteiger partial charge in [-0.25, -0.2) is 4.98 Å². The van der Waals surface area contributed by atoms with Gasteiger partial charge in [0.1, 0.15) is 0 Å². The monoisotopic (exact) mass is 253 g/mol. The number of rotatable bonds is 5. The molecule has 4 heteroatoms. The second kappa shape index (κ2) is 5.94. The fourth-order valence-corrected chi connectivity index (χ4v) is 3.15. The summed E-state index contributed by atoms with van der Waals surface area (Å²) in [6.45, 7) is 10.0. The van der Waals surface area contributed by atoms with Crippen molar-refractivity contribution >= 4 is 11.3 Å². The van der Waals surface area contributed by atoms with Gasteiger partial charge in [0.2, 0.25) is 0 Å². The molecule has 0 bridgehead atoms. The van der Waals surface area contributed by atoms with E-state index in [0.29, 0.717) is 12.1 Å². The molecule has 0 aliphatic carbocycles. The summed E-state index contributed by atoms with van der Waals surface area (Å²) < 4.78 is 0. The first kappa shape index (κ1) is 13.0. The van der Waals surface area contributed by atoms with Gasteiger partial charge in [0.05, 0.1) is 5.01 Å². The Balaban J connectivity index is 1.92. The molecule has 0 saturated carbocycles. The third kappa shape index (κ3) is 3.76. The van der Waals surface area contributed by atoms with Crippen LogP contribution in [0.4, 0.5) is 0 Å². The van der Waals surface area contributed by atoms with E-state index in [0.717, 1.165) is 13.1 Å². The van der Waals surface area contributed by atoms with Gasteiger partial charge < -0.3 is 5.32 Å². The van der Waals surface area contributed by atoms with Crippen LogP contribution < -0.4 is 5.32 Å². The van der Waals surface area contributed by atoms with Crippen LogP contribution in [-0.4, -0.2) is 35.1 Å². The molecule has 1 N–H and O–H groups in total. The van der Waals surface area contributed by atoms with Crippen LogP contribution in [-0.2, 0) is 6.54 Å². The Morgan fingerprint density at radius 2 is 2.41 bits per heavy atom. The van der Waals surface area contributed by atoms with Crippen LogP contribution in [0.25, 0.3) is 0 Å². The maximum Gasteiger partial charge on any atom is 0.0897 e. The predicted molar refractivity (Wildman–Crippen MR) is 73.4 cm³/mol. The molecule has 17 heavy (non-hydrogen) atoms. The van der Waals surface area contributed by atoms with Crippen LogP contribution in [0.2, 0.25) is 0 Å². The minimum absolute atomic E-state index is 0.597. The average molecular weight is 253 g/mol. The molecule has 1 aliphatic rings. The highest BCUT2D eigenvalue weighted by atomic mass is 32.1. The summed E-state index contributed by atoms with van der Waals surface area (Å²) in [5.41, 5.74) is 0. The van der Waals surface area contributed by atoms with E-state index in [9.17, 15) is 0 Å². The Hall–Kier alpha value is -0.450.